The van der Waals surface area contributed by atoms with Crippen LogP contribution in [0.1, 0.15) is 36.2 Å². The summed E-state index contributed by atoms with van der Waals surface area (Å²) < 4.78 is 0. The molecule has 2 heterocycles. The number of allylic oxidation sites excluding steroid dienone is 1. The van der Waals surface area contributed by atoms with Crippen molar-refractivity contribution < 1.29 is 9.59 Å². The Bertz CT molecular complexity index is 906. The number of hydrogen-bond acceptors (Lipinski definition) is 3. The van der Waals surface area contributed by atoms with Crippen molar-refractivity contribution in [1.29, 1.82) is 0 Å². The number of aromatic nitrogens is 1. The number of anilines is 1. The lowest BCUT2D eigenvalue weighted by Gasteiger charge is -2.09. The van der Waals surface area contributed by atoms with E-state index in [1.165, 1.54) is 13.0 Å². The van der Waals surface area contributed by atoms with Crippen LogP contribution >= 0.6 is 11.6 Å². The monoisotopic (exact) mass is 338 g/mol. The first kappa shape index (κ1) is 15.1. The average molecular weight is 339 g/mol. The van der Waals surface area contributed by atoms with E-state index in [1.54, 1.807) is 12.1 Å². The zero-order valence-corrected chi connectivity index (χ0v) is 13.8. The summed E-state index contributed by atoms with van der Waals surface area (Å²) in [5.41, 5.74) is 2.81. The van der Waals surface area contributed by atoms with Gasteiger partial charge in [0.2, 0.25) is 5.91 Å². The fraction of sp³-hybridized carbons (Fsp3) is 0.211. The fourth-order valence-corrected chi connectivity index (χ4v) is 3.65. The van der Waals surface area contributed by atoms with Crippen LogP contribution in [0.3, 0.4) is 0 Å². The highest BCUT2D eigenvalue weighted by atomic mass is 35.5. The number of halogens is 1. The van der Waals surface area contributed by atoms with Gasteiger partial charge in [-0.25, -0.2) is 0 Å². The maximum Gasteiger partial charge on any atom is 0.235 e. The van der Waals surface area contributed by atoms with Crippen molar-refractivity contribution in [3.05, 3.63) is 64.4 Å². The van der Waals surface area contributed by atoms with E-state index in [0.29, 0.717) is 5.02 Å². The van der Waals surface area contributed by atoms with Crippen molar-refractivity contribution in [3.8, 4) is 0 Å². The van der Waals surface area contributed by atoms with Gasteiger partial charge in [-0.05, 0) is 61.4 Å². The minimum atomic E-state index is -0.559. The van der Waals surface area contributed by atoms with Gasteiger partial charge >= 0.3 is 0 Å². The molecule has 1 aromatic heterocycles. The van der Waals surface area contributed by atoms with Crippen molar-refractivity contribution in [1.82, 2.24) is 4.98 Å². The lowest BCUT2D eigenvalue weighted by Crippen LogP contribution is -2.21. The first-order valence-electron chi connectivity index (χ1n) is 7.78. The minimum absolute atomic E-state index is 0.0104. The van der Waals surface area contributed by atoms with Crippen LogP contribution in [0.5, 0.6) is 0 Å². The second-order valence-electron chi connectivity index (χ2n) is 6.30. The average Bonchev–Trinajstić information content (AvgIpc) is 3.25. The smallest absolute Gasteiger partial charge is 0.235 e. The van der Waals surface area contributed by atoms with Gasteiger partial charge in [-0.1, -0.05) is 17.7 Å². The lowest BCUT2D eigenvalue weighted by molar-refractivity contribution is -0.118. The van der Waals surface area contributed by atoms with Crippen LogP contribution in [-0.4, -0.2) is 16.7 Å². The van der Waals surface area contributed by atoms with E-state index in [2.05, 4.69) is 10.3 Å². The van der Waals surface area contributed by atoms with Gasteiger partial charge in [0, 0.05) is 22.3 Å². The number of pyridine rings is 1. The molecular formula is C19H15ClN2O2. The standard InChI is InChI=1S/C19H15ClN2O2/c1-11(23)5-7-13-3-2-4-16(21-13)15-10-19(15)14-9-12(20)6-8-17(14)22-18(19)24/h2-9,15H,10H2,1H3,(H,22,24)/b7-5+/t15-,19-/m1/s1. The molecule has 1 spiro atoms. The fourth-order valence-electron chi connectivity index (χ4n) is 3.48. The Morgan fingerprint density at radius 2 is 2.21 bits per heavy atom. The summed E-state index contributed by atoms with van der Waals surface area (Å²) in [7, 11) is 0. The van der Waals surface area contributed by atoms with E-state index < -0.39 is 5.41 Å². The van der Waals surface area contributed by atoms with Gasteiger partial charge in [-0.15, -0.1) is 0 Å². The third-order valence-corrected chi connectivity index (χ3v) is 4.95. The predicted molar refractivity (Wildman–Crippen MR) is 93.1 cm³/mol. The quantitative estimate of drug-likeness (QED) is 0.868. The molecule has 0 unspecified atom stereocenters. The molecule has 120 valence electrons. The number of ketones is 1. The third kappa shape index (κ3) is 2.26. The lowest BCUT2D eigenvalue weighted by atomic mass is 9.93. The molecule has 2 atom stereocenters. The van der Waals surface area contributed by atoms with Gasteiger partial charge in [-0.3, -0.25) is 14.6 Å². The molecule has 1 aromatic carbocycles. The highest BCUT2D eigenvalue weighted by molar-refractivity contribution is 6.31. The molecule has 1 saturated carbocycles. The van der Waals surface area contributed by atoms with Gasteiger partial charge < -0.3 is 5.32 Å². The van der Waals surface area contributed by atoms with Gasteiger partial charge in [-0.2, -0.15) is 0 Å². The number of carbonyl (C=O) groups excluding carboxylic acids is 2. The van der Waals surface area contributed by atoms with Crippen LogP contribution in [0.15, 0.2) is 42.5 Å². The Hall–Kier alpha value is -2.46. The first-order chi connectivity index (χ1) is 11.5. The van der Waals surface area contributed by atoms with Crippen molar-refractivity contribution in [3.63, 3.8) is 0 Å². The van der Waals surface area contributed by atoms with E-state index in [9.17, 15) is 9.59 Å². The predicted octanol–water partition coefficient (Wildman–Crippen LogP) is 3.71. The van der Waals surface area contributed by atoms with Gasteiger partial charge in [0.1, 0.15) is 0 Å². The second kappa shape index (κ2) is 5.28. The zero-order valence-electron chi connectivity index (χ0n) is 13.0. The molecule has 0 radical (unpaired) electrons. The second-order valence-corrected chi connectivity index (χ2v) is 6.74. The molecule has 5 heteroatoms. The highest BCUT2D eigenvalue weighted by Crippen LogP contribution is 2.64. The van der Waals surface area contributed by atoms with Crippen molar-refractivity contribution in [2.75, 3.05) is 5.32 Å². The molecule has 2 aromatic rings. The summed E-state index contributed by atoms with van der Waals surface area (Å²) in [5, 5.41) is 3.57. The van der Waals surface area contributed by atoms with Crippen molar-refractivity contribution >= 4 is 35.1 Å². The molecule has 2 aliphatic rings. The molecular weight excluding hydrogens is 324 g/mol. The number of rotatable bonds is 3. The molecule has 1 fully saturated rings. The highest BCUT2D eigenvalue weighted by Gasteiger charge is 2.65. The van der Waals surface area contributed by atoms with E-state index in [-0.39, 0.29) is 17.6 Å². The van der Waals surface area contributed by atoms with Crippen LogP contribution in [0.2, 0.25) is 5.02 Å². The Morgan fingerprint density at radius 3 is 3.00 bits per heavy atom. The van der Waals surface area contributed by atoms with Gasteiger partial charge in [0.05, 0.1) is 11.1 Å². The molecule has 4 rings (SSSR count). The number of nitrogens with zero attached hydrogens (tertiary/aromatic N) is 1. The van der Waals surface area contributed by atoms with Crippen molar-refractivity contribution in [2.24, 2.45) is 0 Å². The number of benzene rings is 1. The summed E-state index contributed by atoms with van der Waals surface area (Å²) in [4.78, 5) is 28.3. The zero-order chi connectivity index (χ0) is 16.9. The first-order valence-corrected chi connectivity index (χ1v) is 8.15. The van der Waals surface area contributed by atoms with Gasteiger partial charge in [0.25, 0.3) is 0 Å². The molecule has 0 saturated heterocycles. The van der Waals surface area contributed by atoms with Crippen LogP contribution < -0.4 is 5.32 Å². The normalized spacial score (nSPS) is 24.2. The minimum Gasteiger partial charge on any atom is -0.325 e. The molecule has 0 bridgehead atoms. The number of carbonyl (C=O) groups is 2. The Morgan fingerprint density at radius 1 is 1.38 bits per heavy atom. The SMILES string of the molecule is CC(=O)/C=C/c1cccc([C@H]2C[C@]23C(=O)Nc2ccc(Cl)cc23)n1. The summed E-state index contributed by atoms with van der Waals surface area (Å²) in [6.07, 6.45) is 3.91. The maximum atomic E-state index is 12.6. The number of fused-ring (bicyclic) bond motifs is 2. The summed E-state index contributed by atoms with van der Waals surface area (Å²) in [5.74, 6) is 0.0166. The van der Waals surface area contributed by atoms with E-state index in [0.717, 1.165) is 29.1 Å². The maximum absolute atomic E-state index is 12.6. The molecule has 4 nitrogen and oxygen atoms in total. The topological polar surface area (TPSA) is 59.1 Å². The molecule has 24 heavy (non-hydrogen) atoms. The van der Waals surface area contributed by atoms with E-state index in [4.69, 9.17) is 11.6 Å². The Labute approximate surface area is 144 Å². The number of hydrogen-bond donors (Lipinski definition) is 1. The van der Waals surface area contributed by atoms with E-state index in [1.807, 2.05) is 30.3 Å². The number of amides is 1. The van der Waals surface area contributed by atoms with Crippen LogP contribution in [0.25, 0.3) is 6.08 Å². The van der Waals surface area contributed by atoms with Crippen molar-refractivity contribution in [2.45, 2.75) is 24.7 Å². The summed E-state index contributed by atoms with van der Waals surface area (Å²) in [6, 6.07) is 11.2. The molecule has 1 aliphatic carbocycles. The third-order valence-electron chi connectivity index (χ3n) is 4.71. The molecule has 1 N–H and O–H groups in total. The van der Waals surface area contributed by atoms with Crippen LogP contribution in [-0.2, 0) is 15.0 Å². The largest absolute Gasteiger partial charge is 0.325 e. The summed E-state index contributed by atoms with van der Waals surface area (Å²) in [6.45, 7) is 1.50. The number of nitrogens with one attached hydrogen (secondary N) is 1. The Balaban J connectivity index is 1.70. The van der Waals surface area contributed by atoms with Crippen LogP contribution in [0.4, 0.5) is 5.69 Å². The van der Waals surface area contributed by atoms with Gasteiger partial charge in [0.15, 0.2) is 5.78 Å². The molecule has 1 aliphatic heterocycles. The van der Waals surface area contributed by atoms with Crippen LogP contribution in [0, 0.1) is 0 Å². The summed E-state index contributed by atoms with van der Waals surface area (Å²) >= 11 is 6.12. The van der Waals surface area contributed by atoms with E-state index >= 15 is 0 Å². The molecule has 1 amide bonds. The Kier molecular flexibility index (Phi) is 3.32.